The van der Waals surface area contributed by atoms with E-state index in [2.05, 4.69) is 0 Å². The average Bonchev–Trinajstić information content (AvgIpc) is 2.18. The zero-order valence-corrected chi connectivity index (χ0v) is 9.23. The Labute approximate surface area is 88.3 Å². The lowest BCUT2D eigenvalue weighted by atomic mass is 10.0. The predicted octanol–water partition coefficient (Wildman–Crippen LogP) is 3.06. The second-order valence-corrected chi connectivity index (χ2v) is 3.96. The van der Waals surface area contributed by atoms with Crippen LogP contribution < -0.4 is 0 Å². The maximum Gasteiger partial charge on any atom is 0.336 e. The molecule has 0 radical (unpaired) electrons. The van der Waals surface area contributed by atoms with E-state index in [9.17, 15) is 4.79 Å². The highest BCUT2D eigenvalue weighted by molar-refractivity contribution is 7.98. The molecule has 76 valence electrons. The fraction of sp³-hybridized carbons (Fsp3) is 0.364. The van der Waals surface area contributed by atoms with Crippen molar-refractivity contribution in [2.24, 2.45) is 0 Å². The van der Waals surface area contributed by atoms with Gasteiger partial charge >= 0.3 is 5.97 Å². The minimum atomic E-state index is -0.829. The van der Waals surface area contributed by atoms with E-state index in [1.807, 2.05) is 25.3 Å². The van der Waals surface area contributed by atoms with E-state index in [0.29, 0.717) is 5.56 Å². The second-order valence-electron chi connectivity index (χ2n) is 3.08. The maximum absolute atomic E-state index is 11.0. The molecule has 1 N–H and O–H groups in total. The zero-order chi connectivity index (χ0) is 10.6. The first-order valence-electron chi connectivity index (χ1n) is 4.59. The van der Waals surface area contributed by atoms with Gasteiger partial charge in [-0.15, -0.1) is 11.8 Å². The van der Waals surface area contributed by atoms with Gasteiger partial charge in [0, 0.05) is 4.90 Å². The molecular formula is C11H14O2S. The van der Waals surface area contributed by atoms with Gasteiger partial charge in [0.15, 0.2) is 0 Å². The van der Waals surface area contributed by atoms with Gasteiger partial charge in [-0.2, -0.15) is 0 Å². The summed E-state index contributed by atoms with van der Waals surface area (Å²) in [4.78, 5) is 12.0. The SMILES string of the molecule is CCCc1ccc(SC)cc1C(=O)O. The van der Waals surface area contributed by atoms with E-state index in [1.165, 1.54) is 0 Å². The van der Waals surface area contributed by atoms with Crippen molar-refractivity contribution in [3.8, 4) is 0 Å². The molecule has 2 nitrogen and oxygen atoms in total. The molecule has 0 heterocycles. The monoisotopic (exact) mass is 210 g/mol. The highest BCUT2D eigenvalue weighted by Gasteiger charge is 2.09. The molecule has 1 aromatic carbocycles. The molecule has 0 aliphatic heterocycles. The smallest absolute Gasteiger partial charge is 0.336 e. The Morgan fingerprint density at radius 2 is 2.21 bits per heavy atom. The third kappa shape index (κ3) is 2.51. The van der Waals surface area contributed by atoms with E-state index < -0.39 is 5.97 Å². The first-order chi connectivity index (χ1) is 6.69. The molecule has 0 bridgehead atoms. The van der Waals surface area contributed by atoms with Gasteiger partial charge in [0.2, 0.25) is 0 Å². The van der Waals surface area contributed by atoms with Crippen molar-refractivity contribution in [2.75, 3.05) is 6.26 Å². The van der Waals surface area contributed by atoms with Crippen LogP contribution in [0.2, 0.25) is 0 Å². The van der Waals surface area contributed by atoms with Crippen molar-refractivity contribution in [3.05, 3.63) is 29.3 Å². The number of hydrogen-bond acceptors (Lipinski definition) is 2. The third-order valence-electron chi connectivity index (χ3n) is 2.07. The van der Waals surface area contributed by atoms with Crippen molar-refractivity contribution < 1.29 is 9.90 Å². The second kappa shape index (κ2) is 5.05. The number of aryl methyl sites for hydroxylation is 1. The summed E-state index contributed by atoms with van der Waals surface area (Å²) in [5.41, 5.74) is 1.37. The minimum Gasteiger partial charge on any atom is -0.478 e. The van der Waals surface area contributed by atoms with Crippen LogP contribution in [-0.4, -0.2) is 17.3 Å². The molecule has 0 atom stereocenters. The fourth-order valence-corrected chi connectivity index (χ4v) is 1.81. The largest absolute Gasteiger partial charge is 0.478 e. The van der Waals surface area contributed by atoms with Gasteiger partial charge in [0.1, 0.15) is 0 Å². The van der Waals surface area contributed by atoms with E-state index in [-0.39, 0.29) is 0 Å². The van der Waals surface area contributed by atoms with Gasteiger partial charge in [-0.25, -0.2) is 4.79 Å². The first kappa shape index (κ1) is 11.1. The highest BCUT2D eigenvalue weighted by atomic mass is 32.2. The topological polar surface area (TPSA) is 37.3 Å². The molecule has 0 spiro atoms. The molecule has 0 amide bonds. The van der Waals surface area contributed by atoms with Gasteiger partial charge in [-0.1, -0.05) is 19.4 Å². The summed E-state index contributed by atoms with van der Waals surface area (Å²) >= 11 is 1.56. The van der Waals surface area contributed by atoms with Gasteiger partial charge in [-0.05, 0) is 30.4 Å². The number of rotatable bonds is 4. The van der Waals surface area contributed by atoms with Crippen LogP contribution in [0.3, 0.4) is 0 Å². The van der Waals surface area contributed by atoms with Crippen LogP contribution in [0.15, 0.2) is 23.1 Å². The van der Waals surface area contributed by atoms with Crippen LogP contribution >= 0.6 is 11.8 Å². The quantitative estimate of drug-likeness (QED) is 0.776. The number of carbonyl (C=O) groups is 1. The summed E-state index contributed by atoms with van der Waals surface area (Å²) in [5.74, 6) is -0.829. The summed E-state index contributed by atoms with van der Waals surface area (Å²) in [6, 6.07) is 5.64. The van der Waals surface area contributed by atoms with Gasteiger partial charge in [0.05, 0.1) is 5.56 Å². The first-order valence-corrected chi connectivity index (χ1v) is 5.81. The fourth-order valence-electron chi connectivity index (χ4n) is 1.37. The highest BCUT2D eigenvalue weighted by Crippen LogP contribution is 2.20. The van der Waals surface area contributed by atoms with Gasteiger partial charge in [-0.3, -0.25) is 0 Å². The third-order valence-corrected chi connectivity index (χ3v) is 2.79. The number of aromatic carboxylic acids is 1. The summed E-state index contributed by atoms with van der Waals surface area (Å²) < 4.78 is 0. The number of benzene rings is 1. The molecular weight excluding hydrogens is 196 g/mol. The van der Waals surface area contributed by atoms with Crippen LogP contribution in [0, 0.1) is 0 Å². The van der Waals surface area contributed by atoms with E-state index in [4.69, 9.17) is 5.11 Å². The Kier molecular flexibility index (Phi) is 4.01. The van der Waals surface area contributed by atoms with Crippen molar-refractivity contribution in [1.82, 2.24) is 0 Å². The number of carboxylic acid groups (broad SMARTS) is 1. The Balaban J connectivity index is 3.10. The molecule has 0 aliphatic rings. The van der Waals surface area contributed by atoms with Crippen LogP contribution in [0.5, 0.6) is 0 Å². The van der Waals surface area contributed by atoms with Gasteiger partial charge < -0.3 is 5.11 Å². The molecule has 0 aliphatic carbocycles. The van der Waals surface area contributed by atoms with Crippen molar-refractivity contribution >= 4 is 17.7 Å². The molecule has 1 rings (SSSR count). The summed E-state index contributed by atoms with van der Waals surface area (Å²) in [5, 5.41) is 9.00. The average molecular weight is 210 g/mol. The molecule has 0 aromatic heterocycles. The summed E-state index contributed by atoms with van der Waals surface area (Å²) in [6.07, 6.45) is 3.75. The summed E-state index contributed by atoms with van der Waals surface area (Å²) in [6.45, 7) is 2.05. The number of thioether (sulfide) groups is 1. The van der Waals surface area contributed by atoms with E-state index >= 15 is 0 Å². The Morgan fingerprint density at radius 1 is 1.50 bits per heavy atom. The van der Waals surface area contributed by atoms with E-state index in [0.717, 1.165) is 23.3 Å². The number of hydrogen-bond donors (Lipinski definition) is 1. The summed E-state index contributed by atoms with van der Waals surface area (Å²) in [7, 11) is 0. The molecule has 0 unspecified atom stereocenters. The van der Waals surface area contributed by atoms with Crippen LogP contribution in [-0.2, 0) is 6.42 Å². The molecule has 3 heteroatoms. The normalized spacial score (nSPS) is 10.1. The molecule has 0 saturated heterocycles. The van der Waals surface area contributed by atoms with Crippen LogP contribution in [0.1, 0.15) is 29.3 Å². The Bertz CT molecular complexity index is 334. The van der Waals surface area contributed by atoms with E-state index in [1.54, 1.807) is 17.8 Å². The molecule has 14 heavy (non-hydrogen) atoms. The van der Waals surface area contributed by atoms with Gasteiger partial charge in [0.25, 0.3) is 0 Å². The predicted molar refractivity (Wildman–Crippen MR) is 59.2 cm³/mol. The zero-order valence-electron chi connectivity index (χ0n) is 8.41. The molecule has 1 aromatic rings. The van der Waals surface area contributed by atoms with Crippen LogP contribution in [0.25, 0.3) is 0 Å². The van der Waals surface area contributed by atoms with Crippen molar-refractivity contribution in [2.45, 2.75) is 24.7 Å². The standard InChI is InChI=1S/C11H14O2S/c1-3-4-8-5-6-9(14-2)7-10(8)11(12)13/h5-7H,3-4H2,1-2H3,(H,12,13). The number of carboxylic acids is 1. The van der Waals surface area contributed by atoms with Crippen LogP contribution in [0.4, 0.5) is 0 Å². The maximum atomic E-state index is 11.0. The van der Waals surface area contributed by atoms with Crippen molar-refractivity contribution in [3.63, 3.8) is 0 Å². The lowest BCUT2D eigenvalue weighted by molar-refractivity contribution is 0.0695. The lowest BCUT2D eigenvalue weighted by Crippen LogP contribution is -2.02. The molecule has 0 fully saturated rings. The minimum absolute atomic E-state index is 0.443. The Morgan fingerprint density at radius 3 is 2.71 bits per heavy atom. The molecule has 0 saturated carbocycles. The van der Waals surface area contributed by atoms with Crippen molar-refractivity contribution in [1.29, 1.82) is 0 Å². The lowest BCUT2D eigenvalue weighted by Gasteiger charge is -2.06. The Hall–Kier alpha value is -0.960.